The van der Waals surface area contributed by atoms with E-state index in [4.69, 9.17) is 4.74 Å². The molecule has 0 unspecified atom stereocenters. The van der Waals surface area contributed by atoms with Crippen LogP contribution in [0.3, 0.4) is 0 Å². The maximum atomic E-state index is 13.6. The first kappa shape index (κ1) is 11.0. The fourth-order valence-corrected chi connectivity index (χ4v) is 1.88. The summed E-state index contributed by atoms with van der Waals surface area (Å²) in [4.78, 5) is 4.09. The lowest BCUT2D eigenvalue weighted by atomic mass is 10.1. The van der Waals surface area contributed by atoms with Gasteiger partial charge in [0.25, 0.3) is 0 Å². The third kappa shape index (κ3) is 1.88. The molecule has 5 heteroatoms. The average molecular weight is 248 g/mol. The third-order valence-corrected chi connectivity index (χ3v) is 2.75. The third-order valence-electron chi connectivity index (χ3n) is 2.75. The Morgan fingerprint density at radius 2 is 2.11 bits per heavy atom. The maximum absolute atomic E-state index is 13.6. The van der Waals surface area contributed by atoms with Gasteiger partial charge in [-0.1, -0.05) is 0 Å². The van der Waals surface area contributed by atoms with Crippen LogP contribution in [0, 0.1) is 11.6 Å². The van der Waals surface area contributed by atoms with Crippen molar-refractivity contribution in [1.29, 1.82) is 0 Å². The van der Waals surface area contributed by atoms with Gasteiger partial charge in [0.05, 0.1) is 17.6 Å². The van der Waals surface area contributed by atoms with E-state index in [2.05, 4.69) is 10.3 Å². The second-order valence-electron chi connectivity index (χ2n) is 3.97. The number of ether oxygens (including phenoxy) is 1. The highest BCUT2D eigenvalue weighted by molar-refractivity contribution is 5.69. The second-order valence-corrected chi connectivity index (χ2v) is 3.97. The Bertz CT molecular complexity index is 602. The second kappa shape index (κ2) is 4.25. The van der Waals surface area contributed by atoms with E-state index < -0.39 is 11.6 Å². The van der Waals surface area contributed by atoms with Crippen LogP contribution in [0.2, 0.25) is 0 Å². The topological polar surface area (TPSA) is 34.1 Å². The summed E-state index contributed by atoms with van der Waals surface area (Å²) in [6, 6.07) is 4.97. The van der Waals surface area contributed by atoms with Gasteiger partial charge in [-0.3, -0.25) is 4.98 Å². The molecule has 3 nitrogen and oxygen atoms in total. The maximum Gasteiger partial charge on any atom is 0.160 e. The van der Waals surface area contributed by atoms with E-state index >= 15 is 0 Å². The van der Waals surface area contributed by atoms with Crippen LogP contribution in [0.5, 0.6) is 5.75 Å². The number of benzene rings is 1. The van der Waals surface area contributed by atoms with Crippen molar-refractivity contribution in [3.63, 3.8) is 0 Å². The molecule has 1 aliphatic rings. The quantitative estimate of drug-likeness (QED) is 0.842. The number of halogens is 2. The number of anilines is 1. The van der Waals surface area contributed by atoms with E-state index in [1.807, 2.05) is 0 Å². The zero-order chi connectivity index (χ0) is 12.5. The van der Waals surface area contributed by atoms with Crippen LogP contribution in [0.1, 0.15) is 0 Å². The van der Waals surface area contributed by atoms with E-state index in [1.54, 1.807) is 6.07 Å². The van der Waals surface area contributed by atoms with Gasteiger partial charge in [0.2, 0.25) is 0 Å². The number of nitrogens with zero attached hydrogens (tertiary/aromatic N) is 1. The lowest BCUT2D eigenvalue weighted by Gasteiger charge is -2.19. The van der Waals surface area contributed by atoms with Crippen molar-refractivity contribution in [2.45, 2.75) is 0 Å². The molecule has 0 radical (unpaired) electrons. The van der Waals surface area contributed by atoms with Crippen molar-refractivity contribution in [3.8, 4) is 17.0 Å². The molecule has 2 aromatic rings. The van der Waals surface area contributed by atoms with Crippen LogP contribution >= 0.6 is 0 Å². The molecule has 0 saturated carbocycles. The summed E-state index contributed by atoms with van der Waals surface area (Å²) >= 11 is 0. The van der Waals surface area contributed by atoms with Crippen molar-refractivity contribution in [2.24, 2.45) is 0 Å². The lowest BCUT2D eigenvalue weighted by molar-refractivity contribution is 0.322. The van der Waals surface area contributed by atoms with E-state index in [0.29, 0.717) is 24.6 Å². The standard InChI is InChI=1S/C13H10F2N2O/c14-8-1-2-10(15)9(5-8)11-6-12-13(7-17-11)18-4-3-16-12/h1-2,5-7,16H,3-4H2. The molecule has 0 saturated heterocycles. The summed E-state index contributed by atoms with van der Waals surface area (Å²) < 4.78 is 32.1. The van der Waals surface area contributed by atoms with Gasteiger partial charge in [0.15, 0.2) is 5.75 Å². The molecular weight excluding hydrogens is 238 g/mol. The number of pyridine rings is 1. The van der Waals surface area contributed by atoms with Gasteiger partial charge in [0, 0.05) is 12.1 Å². The van der Waals surface area contributed by atoms with Crippen molar-refractivity contribution >= 4 is 5.69 Å². The Balaban J connectivity index is 2.09. The summed E-state index contributed by atoms with van der Waals surface area (Å²) in [7, 11) is 0. The highest BCUT2D eigenvalue weighted by Gasteiger charge is 2.14. The van der Waals surface area contributed by atoms with Crippen molar-refractivity contribution in [3.05, 3.63) is 42.1 Å². The Labute approximate surface area is 102 Å². The van der Waals surface area contributed by atoms with Crippen LogP contribution in [0.25, 0.3) is 11.3 Å². The zero-order valence-electron chi connectivity index (χ0n) is 9.41. The molecule has 3 rings (SSSR count). The van der Waals surface area contributed by atoms with Gasteiger partial charge < -0.3 is 10.1 Å². The van der Waals surface area contributed by atoms with E-state index in [9.17, 15) is 8.78 Å². The fourth-order valence-electron chi connectivity index (χ4n) is 1.88. The van der Waals surface area contributed by atoms with E-state index in [1.165, 1.54) is 6.20 Å². The van der Waals surface area contributed by atoms with Crippen LogP contribution in [0.15, 0.2) is 30.5 Å². The normalized spacial score (nSPS) is 13.4. The highest BCUT2D eigenvalue weighted by atomic mass is 19.1. The summed E-state index contributed by atoms with van der Waals surface area (Å²) in [5, 5.41) is 3.13. The molecule has 0 aliphatic carbocycles. The SMILES string of the molecule is Fc1ccc(F)c(-c2cc3c(cn2)OCCN3)c1. The smallest absolute Gasteiger partial charge is 0.160 e. The number of hydrogen-bond acceptors (Lipinski definition) is 3. The number of rotatable bonds is 1. The number of aromatic nitrogens is 1. The Morgan fingerprint density at radius 1 is 1.22 bits per heavy atom. The van der Waals surface area contributed by atoms with Gasteiger partial charge >= 0.3 is 0 Å². The molecule has 1 aromatic carbocycles. The van der Waals surface area contributed by atoms with Crippen LogP contribution in [0.4, 0.5) is 14.5 Å². The minimum Gasteiger partial charge on any atom is -0.488 e. The predicted molar refractivity (Wildman–Crippen MR) is 63.6 cm³/mol. The Kier molecular flexibility index (Phi) is 2.59. The van der Waals surface area contributed by atoms with Crippen molar-refractivity contribution < 1.29 is 13.5 Å². The van der Waals surface area contributed by atoms with Gasteiger partial charge in [0.1, 0.15) is 18.2 Å². The number of nitrogens with one attached hydrogen (secondary N) is 1. The predicted octanol–water partition coefficient (Wildman–Crippen LogP) is 2.83. The molecule has 1 aromatic heterocycles. The Hall–Kier alpha value is -2.17. The molecule has 18 heavy (non-hydrogen) atoms. The summed E-state index contributed by atoms with van der Waals surface area (Å²) in [5.74, 6) is -0.363. The van der Waals surface area contributed by atoms with Crippen LogP contribution in [-0.4, -0.2) is 18.1 Å². The monoisotopic (exact) mass is 248 g/mol. The molecule has 92 valence electrons. The average Bonchev–Trinajstić information content (AvgIpc) is 2.41. The van der Waals surface area contributed by atoms with Gasteiger partial charge in [-0.05, 0) is 24.3 Å². The largest absolute Gasteiger partial charge is 0.488 e. The van der Waals surface area contributed by atoms with Gasteiger partial charge in [-0.25, -0.2) is 8.78 Å². The number of hydrogen-bond donors (Lipinski definition) is 1. The molecule has 1 N–H and O–H groups in total. The molecule has 0 spiro atoms. The van der Waals surface area contributed by atoms with Crippen LogP contribution < -0.4 is 10.1 Å². The molecule has 0 fully saturated rings. The minimum absolute atomic E-state index is 0.144. The van der Waals surface area contributed by atoms with Gasteiger partial charge in [-0.15, -0.1) is 0 Å². The highest BCUT2D eigenvalue weighted by Crippen LogP contribution is 2.31. The summed E-state index contributed by atoms with van der Waals surface area (Å²) in [6.45, 7) is 1.25. The van der Waals surface area contributed by atoms with E-state index in [-0.39, 0.29) is 5.56 Å². The zero-order valence-corrected chi connectivity index (χ0v) is 9.41. The first-order valence-electron chi connectivity index (χ1n) is 5.56. The molecule has 2 heterocycles. The summed E-state index contributed by atoms with van der Waals surface area (Å²) in [6.07, 6.45) is 1.52. The molecule has 0 amide bonds. The van der Waals surface area contributed by atoms with Crippen molar-refractivity contribution in [2.75, 3.05) is 18.5 Å². The first-order valence-corrected chi connectivity index (χ1v) is 5.56. The first-order chi connectivity index (χ1) is 8.74. The minimum atomic E-state index is -0.499. The fraction of sp³-hybridized carbons (Fsp3) is 0.154. The molecular formula is C13H10F2N2O. The van der Waals surface area contributed by atoms with Gasteiger partial charge in [-0.2, -0.15) is 0 Å². The molecule has 1 aliphatic heterocycles. The molecule has 0 atom stereocenters. The molecule has 0 bridgehead atoms. The Morgan fingerprint density at radius 3 is 3.00 bits per heavy atom. The van der Waals surface area contributed by atoms with Crippen molar-refractivity contribution in [1.82, 2.24) is 4.98 Å². The van der Waals surface area contributed by atoms with Crippen LogP contribution in [-0.2, 0) is 0 Å². The van der Waals surface area contributed by atoms with E-state index in [0.717, 1.165) is 23.9 Å². The summed E-state index contributed by atoms with van der Waals surface area (Å²) in [5.41, 5.74) is 1.27. The number of fused-ring (bicyclic) bond motifs is 1. The lowest BCUT2D eigenvalue weighted by Crippen LogP contribution is -2.18.